The summed E-state index contributed by atoms with van der Waals surface area (Å²) in [5.41, 5.74) is 3.31. The molecule has 5 rings (SSSR count). The number of benzene rings is 1. The molecule has 0 unspecified atom stereocenters. The lowest BCUT2D eigenvalue weighted by atomic mass is 9.89. The van der Waals surface area contributed by atoms with Gasteiger partial charge in [0.1, 0.15) is 11.9 Å². The summed E-state index contributed by atoms with van der Waals surface area (Å²) >= 11 is 0. The normalized spacial score (nSPS) is 22.9. The van der Waals surface area contributed by atoms with E-state index in [2.05, 4.69) is 21.5 Å². The summed E-state index contributed by atoms with van der Waals surface area (Å²) < 4.78 is 51.1. The van der Waals surface area contributed by atoms with Crippen LogP contribution in [0.25, 0.3) is 11.3 Å². The Morgan fingerprint density at radius 1 is 1.13 bits per heavy atom. The fourth-order valence-corrected chi connectivity index (χ4v) is 5.88. The highest BCUT2D eigenvalue weighted by molar-refractivity contribution is 5.97. The van der Waals surface area contributed by atoms with Gasteiger partial charge in [0, 0.05) is 42.4 Å². The number of carbonyl (C=O) groups is 2. The maximum Gasteiger partial charge on any atom is 0.573 e. The third-order valence-corrected chi connectivity index (χ3v) is 8.59. The Bertz CT molecular complexity index is 1190. The quantitative estimate of drug-likeness (QED) is 0.378. The summed E-state index contributed by atoms with van der Waals surface area (Å²) in [5.74, 6) is -0.00641. The predicted octanol–water partition coefficient (Wildman–Crippen LogP) is 6.43. The summed E-state index contributed by atoms with van der Waals surface area (Å²) in [7, 11) is 0. The zero-order valence-corrected chi connectivity index (χ0v) is 21.9. The molecule has 0 aliphatic heterocycles. The van der Waals surface area contributed by atoms with Crippen LogP contribution in [0.2, 0.25) is 0 Å². The number of hydrogen-bond donors (Lipinski definition) is 1. The van der Waals surface area contributed by atoms with Crippen LogP contribution in [-0.4, -0.2) is 35.5 Å². The number of nitrogens with one attached hydrogen (secondary N) is 1. The Kier molecular flexibility index (Phi) is 7.22. The van der Waals surface area contributed by atoms with Gasteiger partial charge in [-0.15, -0.1) is 13.2 Å². The molecule has 9 heteroatoms. The topological polar surface area (TPSA) is 69.6 Å². The predicted molar refractivity (Wildman–Crippen MR) is 136 cm³/mol. The molecular weight excluding hydrogens is 497 g/mol. The van der Waals surface area contributed by atoms with E-state index in [9.17, 15) is 22.8 Å². The van der Waals surface area contributed by atoms with E-state index < -0.39 is 6.36 Å². The minimum atomic E-state index is -4.79. The number of hydrogen-bond acceptors (Lipinski definition) is 4. The maximum atomic E-state index is 13.3. The lowest BCUT2D eigenvalue weighted by Gasteiger charge is -2.34. The summed E-state index contributed by atoms with van der Waals surface area (Å²) in [5, 5.41) is 3.02. The van der Waals surface area contributed by atoms with Crippen molar-refractivity contribution in [3.05, 3.63) is 41.1 Å². The van der Waals surface area contributed by atoms with Gasteiger partial charge in [-0.1, -0.05) is 26.2 Å². The van der Waals surface area contributed by atoms with Crippen LogP contribution in [0.15, 0.2) is 24.3 Å². The molecule has 1 aromatic carbocycles. The largest absolute Gasteiger partial charge is 0.573 e. The molecule has 3 saturated carbocycles. The number of alkyl halides is 3. The summed E-state index contributed by atoms with van der Waals surface area (Å²) in [4.78, 5) is 23.9. The first-order chi connectivity index (χ1) is 18.0. The molecule has 1 heterocycles. The molecule has 2 aromatic rings. The van der Waals surface area contributed by atoms with Crippen molar-refractivity contribution in [1.82, 2.24) is 9.88 Å². The summed E-state index contributed by atoms with van der Waals surface area (Å²) in [6.45, 7) is 5.09. The van der Waals surface area contributed by atoms with E-state index in [1.807, 2.05) is 13.0 Å². The zero-order valence-electron chi connectivity index (χ0n) is 21.9. The molecule has 0 atom stereocenters. The Balaban J connectivity index is 1.50. The van der Waals surface area contributed by atoms with Crippen molar-refractivity contribution in [1.29, 1.82) is 0 Å². The van der Waals surface area contributed by atoms with Gasteiger partial charge in [0.2, 0.25) is 0 Å². The van der Waals surface area contributed by atoms with E-state index in [0.29, 0.717) is 42.9 Å². The van der Waals surface area contributed by atoms with Gasteiger partial charge in [0.15, 0.2) is 0 Å². The maximum absolute atomic E-state index is 13.3. The molecule has 0 saturated heterocycles. The van der Waals surface area contributed by atoms with Gasteiger partial charge in [0.05, 0.1) is 5.56 Å². The van der Waals surface area contributed by atoms with Crippen molar-refractivity contribution in [2.24, 2.45) is 5.92 Å². The molecule has 3 aliphatic carbocycles. The van der Waals surface area contributed by atoms with Crippen LogP contribution in [0.4, 0.5) is 13.2 Å². The molecule has 3 fully saturated rings. The second-order valence-corrected chi connectivity index (χ2v) is 11.5. The van der Waals surface area contributed by atoms with Crippen molar-refractivity contribution in [2.75, 3.05) is 0 Å². The molecule has 3 aliphatic rings. The highest BCUT2D eigenvalue weighted by atomic mass is 19.4. The van der Waals surface area contributed by atoms with E-state index in [-0.39, 0.29) is 29.2 Å². The van der Waals surface area contributed by atoms with Gasteiger partial charge in [-0.3, -0.25) is 9.59 Å². The number of halogens is 3. The van der Waals surface area contributed by atoms with Crippen LogP contribution in [0.5, 0.6) is 5.75 Å². The van der Waals surface area contributed by atoms with E-state index in [1.54, 1.807) is 6.07 Å². The average Bonchev–Trinajstić information content (AvgIpc) is 3.51. The molecule has 0 spiro atoms. The van der Waals surface area contributed by atoms with Crippen LogP contribution in [-0.2, 0) is 21.5 Å². The smallest absolute Gasteiger partial charge is 0.464 e. The molecule has 206 valence electrons. The number of aromatic nitrogens is 1. The molecule has 1 aromatic heterocycles. The van der Waals surface area contributed by atoms with E-state index in [0.717, 1.165) is 55.5 Å². The molecule has 1 amide bonds. The van der Waals surface area contributed by atoms with E-state index in [4.69, 9.17) is 4.74 Å². The van der Waals surface area contributed by atoms with Crippen LogP contribution >= 0.6 is 0 Å². The number of nitrogens with zero attached hydrogens (tertiary/aromatic N) is 1. The van der Waals surface area contributed by atoms with Crippen molar-refractivity contribution in [3.63, 3.8) is 0 Å². The molecule has 38 heavy (non-hydrogen) atoms. The highest BCUT2D eigenvalue weighted by Crippen LogP contribution is 2.49. The van der Waals surface area contributed by atoms with Crippen LogP contribution in [0.1, 0.15) is 86.3 Å². The monoisotopic (exact) mass is 532 g/mol. The molecule has 0 radical (unpaired) electrons. The lowest BCUT2D eigenvalue weighted by Crippen LogP contribution is -2.47. The highest BCUT2D eigenvalue weighted by Gasteiger charge is 2.40. The molecule has 1 N–H and O–H groups in total. The Morgan fingerprint density at radius 3 is 2.47 bits per heavy atom. The Labute approximate surface area is 220 Å². The van der Waals surface area contributed by atoms with Gasteiger partial charge >= 0.3 is 6.36 Å². The average molecular weight is 533 g/mol. The van der Waals surface area contributed by atoms with Crippen LogP contribution in [0, 0.1) is 12.8 Å². The van der Waals surface area contributed by atoms with Gasteiger partial charge in [-0.25, -0.2) is 0 Å². The lowest BCUT2D eigenvalue weighted by molar-refractivity contribution is -0.274. The first-order valence-corrected chi connectivity index (χ1v) is 13.6. The second kappa shape index (κ2) is 10.3. The SMILES string of the molecule is Cc1c(C(=O)NC2CC(OC=O)C2)cc(-c2cc(OC(F)(F)F)cc(C3(C)CC3)c2)n1CC1CCCCC1. The number of amides is 1. The standard InChI is InChI=1S/C29H35F3N2O4/c1-18-25(27(36)33-22-13-23(14-22)37-17-35)15-26(34(18)16-19-6-4-3-5-7-19)20-10-21(28(2)8-9-28)12-24(11-20)38-29(30,31)32/h10-12,15,17,19,22-23H,3-9,13-14,16H2,1-2H3,(H,33,36). The number of ether oxygens (including phenoxy) is 2. The third kappa shape index (κ3) is 5.86. The minimum absolute atomic E-state index is 0.0815. The first-order valence-electron chi connectivity index (χ1n) is 13.6. The zero-order chi connectivity index (χ0) is 27.1. The van der Waals surface area contributed by atoms with Crippen LogP contribution < -0.4 is 10.1 Å². The van der Waals surface area contributed by atoms with Crippen molar-refractivity contribution in [2.45, 2.75) is 102 Å². The van der Waals surface area contributed by atoms with Crippen molar-refractivity contribution in [3.8, 4) is 17.0 Å². The Hall–Kier alpha value is -2.97. The Morgan fingerprint density at radius 2 is 1.84 bits per heavy atom. The fraction of sp³-hybridized carbons (Fsp3) is 0.586. The van der Waals surface area contributed by atoms with E-state index in [1.165, 1.54) is 18.6 Å². The van der Waals surface area contributed by atoms with E-state index >= 15 is 0 Å². The van der Waals surface area contributed by atoms with Gasteiger partial charge in [0.25, 0.3) is 12.4 Å². The molecule has 6 nitrogen and oxygen atoms in total. The van der Waals surface area contributed by atoms with Gasteiger partial charge < -0.3 is 19.4 Å². The number of carbonyl (C=O) groups excluding carboxylic acids is 2. The van der Waals surface area contributed by atoms with Crippen LogP contribution in [0.3, 0.4) is 0 Å². The van der Waals surface area contributed by atoms with Gasteiger partial charge in [-0.05, 0) is 73.8 Å². The van der Waals surface area contributed by atoms with Crippen molar-refractivity contribution >= 4 is 12.4 Å². The summed E-state index contributed by atoms with van der Waals surface area (Å²) in [6, 6.07) is 6.60. The summed E-state index contributed by atoms with van der Waals surface area (Å²) in [6.07, 6.45) is 3.73. The van der Waals surface area contributed by atoms with Gasteiger partial charge in [-0.2, -0.15) is 0 Å². The molecular formula is C29H35F3N2O4. The van der Waals surface area contributed by atoms with Crippen molar-refractivity contribution < 1.29 is 32.2 Å². The fourth-order valence-electron chi connectivity index (χ4n) is 5.88. The number of rotatable bonds is 9. The first kappa shape index (κ1) is 26.6. The molecule has 0 bridgehead atoms. The minimum Gasteiger partial charge on any atom is -0.464 e. The third-order valence-electron chi connectivity index (χ3n) is 8.59. The second-order valence-electron chi connectivity index (χ2n) is 11.5.